The summed E-state index contributed by atoms with van der Waals surface area (Å²) in [5.74, 6) is 6.35. The SMILES string of the molecule is CC(C1=CC(=O)OC1=O)=c1ccs/c1=C1\C2C[C@H]3C4CC5CC3[C@@H](C2)[C@@H](C5)C14. The lowest BCUT2D eigenvalue weighted by Gasteiger charge is -2.70. The average molecular weight is 393 g/mol. The monoisotopic (exact) mass is 392 g/mol. The van der Waals surface area contributed by atoms with Crippen LogP contribution in [0.3, 0.4) is 0 Å². The number of hydrogen-bond acceptors (Lipinski definition) is 4. The van der Waals surface area contributed by atoms with E-state index in [0.717, 1.165) is 58.1 Å². The van der Waals surface area contributed by atoms with Gasteiger partial charge >= 0.3 is 11.9 Å². The van der Waals surface area contributed by atoms with Crippen LogP contribution in [0, 0.1) is 47.3 Å². The van der Waals surface area contributed by atoms with Crippen molar-refractivity contribution in [1.29, 1.82) is 0 Å². The lowest BCUT2D eigenvalue weighted by Crippen LogP contribution is -2.63. The van der Waals surface area contributed by atoms with Crippen molar-refractivity contribution in [2.45, 2.75) is 39.0 Å². The lowest BCUT2D eigenvalue weighted by molar-refractivity contribution is -0.163. The molecule has 0 spiro atoms. The minimum absolute atomic E-state index is 0.440. The van der Waals surface area contributed by atoms with Gasteiger partial charge in [0.05, 0.1) is 5.57 Å². The highest BCUT2D eigenvalue weighted by Crippen LogP contribution is 2.72. The fourth-order valence-electron chi connectivity index (χ4n) is 8.60. The first-order valence-corrected chi connectivity index (χ1v) is 11.7. The van der Waals surface area contributed by atoms with Gasteiger partial charge in [0.15, 0.2) is 0 Å². The number of hydrogen-bond donors (Lipinski definition) is 0. The summed E-state index contributed by atoms with van der Waals surface area (Å²) in [6.07, 6.45) is 8.61. The third kappa shape index (κ3) is 1.86. The normalized spacial score (nSPS) is 47.7. The van der Waals surface area contributed by atoms with Gasteiger partial charge in [-0.05, 0) is 114 Å². The van der Waals surface area contributed by atoms with E-state index in [-0.39, 0.29) is 0 Å². The van der Waals surface area contributed by atoms with Crippen LogP contribution in [0.25, 0.3) is 11.1 Å². The first-order chi connectivity index (χ1) is 13.6. The van der Waals surface area contributed by atoms with Gasteiger partial charge < -0.3 is 4.74 Å². The molecule has 4 heteroatoms. The van der Waals surface area contributed by atoms with Crippen molar-refractivity contribution in [3.8, 4) is 0 Å². The molecule has 1 aromatic heterocycles. The van der Waals surface area contributed by atoms with Crippen LogP contribution >= 0.6 is 11.3 Å². The molecular formula is C24H24O3S. The predicted molar refractivity (Wildman–Crippen MR) is 106 cm³/mol. The van der Waals surface area contributed by atoms with Gasteiger partial charge in [0, 0.05) is 10.6 Å². The predicted octanol–water partition coefficient (Wildman–Crippen LogP) is 3.03. The smallest absolute Gasteiger partial charge is 0.346 e. The van der Waals surface area contributed by atoms with E-state index >= 15 is 0 Å². The molecule has 144 valence electrons. The summed E-state index contributed by atoms with van der Waals surface area (Å²) < 4.78 is 6.16. The Morgan fingerprint density at radius 2 is 1.68 bits per heavy atom. The number of ether oxygens (including phenoxy) is 1. The molecule has 0 N–H and O–H groups in total. The molecule has 1 aromatic rings. The molecule has 5 unspecified atom stereocenters. The van der Waals surface area contributed by atoms with Crippen molar-refractivity contribution in [2.24, 2.45) is 47.3 Å². The van der Waals surface area contributed by atoms with Gasteiger partial charge in [-0.25, -0.2) is 9.59 Å². The number of cyclic esters (lactones) is 2. The van der Waals surface area contributed by atoms with Crippen LogP contribution in [-0.4, -0.2) is 11.9 Å². The van der Waals surface area contributed by atoms with Crippen molar-refractivity contribution < 1.29 is 14.3 Å². The minimum Gasteiger partial charge on any atom is -0.386 e. The molecule has 0 amide bonds. The summed E-state index contributed by atoms with van der Waals surface area (Å²) in [7, 11) is 0. The van der Waals surface area contributed by atoms with Crippen LogP contribution in [0.5, 0.6) is 0 Å². The summed E-state index contributed by atoms with van der Waals surface area (Å²) in [6.45, 7) is 1.98. The number of rotatable bonds is 1. The van der Waals surface area contributed by atoms with E-state index in [9.17, 15) is 9.59 Å². The number of esters is 2. The summed E-state index contributed by atoms with van der Waals surface area (Å²) in [6, 6.07) is 2.15. The lowest BCUT2D eigenvalue weighted by atomic mass is 9.35. The highest BCUT2D eigenvalue weighted by atomic mass is 32.1. The highest BCUT2D eigenvalue weighted by Gasteiger charge is 2.65. The molecule has 7 aliphatic carbocycles. The second-order valence-corrected chi connectivity index (χ2v) is 11.0. The van der Waals surface area contributed by atoms with E-state index in [1.54, 1.807) is 5.57 Å². The number of thiophene rings is 1. The van der Waals surface area contributed by atoms with Crippen LogP contribution in [-0.2, 0) is 14.3 Å². The summed E-state index contributed by atoms with van der Waals surface area (Å²) in [5.41, 5.74) is 3.07. The van der Waals surface area contributed by atoms with Gasteiger partial charge in [-0.1, -0.05) is 0 Å². The Morgan fingerprint density at radius 3 is 2.36 bits per heavy atom. The third-order valence-electron chi connectivity index (χ3n) is 9.26. The van der Waals surface area contributed by atoms with Crippen molar-refractivity contribution >= 4 is 34.4 Å². The standard InChI is InChI=1S/C24H24O3S/c1-10(14-9-20(25)27-24(14)26)13-2-3-28-23(13)21-12-7-16-15-4-11-5-18(16)22(21)19(6-11)17(15)8-12/h2-3,9,11-12,15-19,22H,4-8H2,1H3/b13-10?,23-21+/t11?,12?,15?,16-,17-,18-,19?,22?/m1/s1. The molecule has 0 aromatic carbocycles. The fraction of sp³-hybridized carbons (Fsp3) is 0.583. The van der Waals surface area contributed by atoms with E-state index < -0.39 is 11.9 Å². The Morgan fingerprint density at radius 1 is 1.00 bits per heavy atom. The topological polar surface area (TPSA) is 43.4 Å². The van der Waals surface area contributed by atoms with Crippen molar-refractivity contribution in [1.82, 2.24) is 0 Å². The maximum absolute atomic E-state index is 12.1. The van der Waals surface area contributed by atoms with Crippen molar-refractivity contribution in [3.63, 3.8) is 0 Å². The van der Waals surface area contributed by atoms with E-state index in [0.29, 0.717) is 5.57 Å². The minimum atomic E-state index is -0.535. The number of carbonyl (C=O) groups is 2. The highest BCUT2D eigenvalue weighted by molar-refractivity contribution is 7.07. The van der Waals surface area contributed by atoms with Gasteiger partial charge in [0.1, 0.15) is 0 Å². The molecule has 8 bridgehead atoms. The van der Waals surface area contributed by atoms with Crippen LogP contribution < -0.4 is 9.75 Å². The summed E-state index contributed by atoms with van der Waals surface area (Å²) >= 11 is 1.85. The van der Waals surface area contributed by atoms with Crippen LogP contribution in [0.1, 0.15) is 39.0 Å². The second-order valence-electron chi connectivity index (χ2n) is 10.1. The van der Waals surface area contributed by atoms with Gasteiger partial charge in [0.2, 0.25) is 0 Å². The molecule has 0 radical (unpaired) electrons. The largest absolute Gasteiger partial charge is 0.386 e. The van der Waals surface area contributed by atoms with E-state index in [4.69, 9.17) is 4.74 Å². The molecule has 3 nitrogen and oxygen atoms in total. The first-order valence-electron chi connectivity index (χ1n) is 10.9. The van der Waals surface area contributed by atoms with Gasteiger partial charge in [0.25, 0.3) is 0 Å². The third-order valence-corrected chi connectivity index (χ3v) is 10.2. The summed E-state index contributed by atoms with van der Waals surface area (Å²) in [5, 5.41) is 3.33. The Bertz CT molecular complexity index is 1070. The van der Waals surface area contributed by atoms with Crippen LogP contribution in [0.15, 0.2) is 23.1 Å². The van der Waals surface area contributed by atoms with E-state index in [1.807, 2.05) is 18.3 Å². The molecule has 7 fully saturated rings. The van der Waals surface area contributed by atoms with Crippen LogP contribution in [0.4, 0.5) is 0 Å². The molecule has 8 aliphatic rings. The van der Waals surface area contributed by atoms with Gasteiger partial charge in [-0.2, -0.15) is 0 Å². The Balaban J connectivity index is 1.46. The summed E-state index contributed by atoms with van der Waals surface area (Å²) in [4.78, 5) is 23.7. The maximum atomic E-state index is 12.1. The Labute approximate surface area is 168 Å². The zero-order valence-corrected chi connectivity index (χ0v) is 16.8. The molecule has 28 heavy (non-hydrogen) atoms. The molecule has 7 saturated carbocycles. The molecule has 1 aliphatic heterocycles. The van der Waals surface area contributed by atoms with E-state index in [2.05, 4.69) is 11.4 Å². The number of carbonyl (C=O) groups excluding carboxylic acids is 2. The second kappa shape index (κ2) is 5.27. The molecule has 9 rings (SSSR count). The van der Waals surface area contributed by atoms with Crippen molar-refractivity contribution in [2.75, 3.05) is 0 Å². The quantitative estimate of drug-likeness (QED) is 0.545. The van der Waals surface area contributed by atoms with Gasteiger partial charge in [-0.3, -0.25) is 0 Å². The average Bonchev–Trinajstić information content (AvgIpc) is 3.30. The van der Waals surface area contributed by atoms with Crippen LogP contribution in [0.2, 0.25) is 0 Å². The fourth-order valence-corrected chi connectivity index (χ4v) is 9.73. The van der Waals surface area contributed by atoms with Gasteiger partial charge in [-0.15, -0.1) is 11.3 Å². The molecular weight excluding hydrogens is 368 g/mol. The zero-order chi connectivity index (χ0) is 18.7. The van der Waals surface area contributed by atoms with Crippen molar-refractivity contribution in [3.05, 3.63) is 32.8 Å². The van der Waals surface area contributed by atoms with E-state index in [1.165, 1.54) is 42.7 Å². The molecule has 2 heterocycles. The maximum Gasteiger partial charge on any atom is 0.346 e. The molecule has 0 saturated heterocycles. The molecule has 8 atom stereocenters. The first kappa shape index (κ1) is 16.2. The Kier molecular flexibility index (Phi) is 3.04. The Hall–Kier alpha value is -1.68. The zero-order valence-electron chi connectivity index (χ0n) is 16.0.